The van der Waals surface area contributed by atoms with E-state index >= 15 is 0 Å². The molecule has 2 aliphatic rings. The molecule has 52 heavy (non-hydrogen) atoms. The van der Waals surface area contributed by atoms with Gasteiger partial charge in [0.05, 0.1) is 33.2 Å². The Labute approximate surface area is 315 Å². The summed E-state index contributed by atoms with van der Waals surface area (Å²) >= 11 is 12.9. The average molecular weight is 754 g/mol. The number of benzene rings is 3. The highest BCUT2D eigenvalue weighted by Crippen LogP contribution is 2.25. The number of ether oxygens (including phenoxy) is 3. The molecule has 2 saturated heterocycles. The number of rotatable bonds is 17. The number of hydrogen-bond donors (Lipinski definition) is 0. The minimum Gasteiger partial charge on any atom is -0.489 e. The molecule has 2 atom stereocenters. The van der Waals surface area contributed by atoms with Gasteiger partial charge in [-0.25, -0.2) is 0 Å². The molecular formula is C39H46Cl2N4O7. The van der Waals surface area contributed by atoms with E-state index in [-0.39, 0.29) is 50.2 Å². The van der Waals surface area contributed by atoms with E-state index in [9.17, 15) is 19.2 Å². The van der Waals surface area contributed by atoms with E-state index in [0.717, 1.165) is 36.3 Å². The van der Waals surface area contributed by atoms with Gasteiger partial charge in [0.15, 0.2) is 0 Å². The summed E-state index contributed by atoms with van der Waals surface area (Å²) in [6.07, 6.45) is 0.635. The van der Waals surface area contributed by atoms with Crippen molar-refractivity contribution in [3.63, 3.8) is 0 Å². The van der Waals surface area contributed by atoms with Gasteiger partial charge in [0.2, 0.25) is 17.7 Å². The van der Waals surface area contributed by atoms with E-state index in [1.807, 2.05) is 66.7 Å². The van der Waals surface area contributed by atoms with Crippen LogP contribution in [0.1, 0.15) is 36.0 Å². The molecule has 0 bridgehead atoms. The minimum atomic E-state index is -1.06. The molecule has 0 aliphatic carbocycles. The number of carbonyl (C=O) groups is 4. The van der Waals surface area contributed by atoms with Crippen LogP contribution in [-0.4, -0.2) is 114 Å². The lowest BCUT2D eigenvalue weighted by Gasteiger charge is -2.42. The quantitative estimate of drug-likeness (QED) is 0.110. The van der Waals surface area contributed by atoms with Gasteiger partial charge in [-0.3, -0.25) is 24.1 Å². The summed E-state index contributed by atoms with van der Waals surface area (Å²) in [4.78, 5) is 60.9. The van der Waals surface area contributed by atoms with Crippen molar-refractivity contribution < 1.29 is 33.4 Å². The molecule has 3 aromatic carbocycles. The SMILES string of the molecule is COC(=O)CCN(Cc1ccc(OCc2ccccc2)cc1)C(=O)CC1C(=O)N(C(Cl)Cc2ccc(Cl)cc2)CC(=O)N1CCCN1CCOCC1. The number of carbonyl (C=O) groups excluding carboxylic acids is 4. The third-order valence-corrected chi connectivity index (χ3v) is 9.92. The molecule has 2 heterocycles. The molecule has 3 aromatic rings. The highest BCUT2D eigenvalue weighted by molar-refractivity contribution is 6.30. The molecule has 0 N–H and O–H groups in total. The van der Waals surface area contributed by atoms with Gasteiger partial charge >= 0.3 is 5.97 Å². The molecule has 5 rings (SSSR count). The Morgan fingerprint density at radius 1 is 0.923 bits per heavy atom. The fourth-order valence-electron chi connectivity index (χ4n) is 6.31. The summed E-state index contributed by atoms with van der Waals surface area (Å²) in [5.74, 6) is -0.819. The first-order chi connectivity index (χ1) is 25.2. The van der Waals surface area contributed by atoms with E-state index in [4.69, 9.17) is 37.4 Å². The lowest BCUT2D eigenvalue weighted by atomic mass is 10.0. The Kier molecular flexibility index (Phi) is 14.7. The van der Waals surface area contributed by atoms with Gasteiger partial charge in [-0.1, -0.05) is 77.8 Å². The standard InChI is InChI=1S/C39H46Cl2N4O7/c1-50-38(48)16-19-43(26-30-10-14-33(15-11-30)52-28-31-6-3-2-4-7-31)36(46)25-34-39(49)45(35(41)24-29-8-12-32(40)13-9-29)27-37(47)44(34)18-5-17-42-20-22-51-23-21-42/h2-4,6-15,34-35H,5,16-28H2,1H3. The zero-order valence-electron chi connectivity index (χ0n) is 29.5. The van der Waals surface area contributed by atoms with E-state index in [2.05, 4.69) is 4.90 Å². The highest BCUT2D eigenvalue weighted by Gasteiger charge is 2.43. The Balaban J connectivity index is 1.31. The summed E-state index contributed by atoms with van der Waals surface area (Å²) in [7, 11) is 1.30. The van der Waals surface area contributed by atoms with Crippen LogP contribution in [0.25, 0.3) is 0 Å². The number of alkyl halides is 1. The maximum atomic E-state index is 14.2. The van der Waals surface area contributed by atoms with E-state index in [1.54, 1.807) is 12.1 Å². The van der Waals surface area contributed by atoms with E-state index in [0.29, 0.717) is 50.0 Å². The predicted molar refractivity (Wildman–Crippen MR) is 198 cm³/mol. The van der Waals surface area contributed by atoms with Crippen LogP contribution in [-0.2, 0) is 48.2 Å². The number of hydrogen-bond acceptors (Lipinski definition) is 8. The predicted octanol–water partition coefficient (Wildman–Crippen LogP) is 4.77. The first-order valence-corrected chi connectivity index (χ1v) is 18.4. The maximum absolute atomic E-state index is 14.2. The lowest BCUT2D eigenvalue weighted by molar-refractivity contribution is -0.159. The first-order valence-electron chi connectivity index (χ1n) is 17.6. The van der Waals surface area contributed by atoms with E-state index in [1.165, 1.54) is 21.8 Å². The van der Waals surface area contributed by atoms with Crippen molar-refractivity contribution in [2.45, 2.75) is 50.4 Å². The number of morpholine rings is 1. The van der Waals surface area contributed by atoms with E-state index < -0.39 is 17.5 Å². The van der Waals surface area contributed by atoms with Crippen LogP contribution in [0.3, 0.4) is 0 Å². The summed E-state index contributed by atoms with van der Waals surface area (Å²) in [5.41, 5.74) is 1.89. The highest BCUT2D eigenvalue weighted by atomic mass is 35.5. The monoisotopic (exact) mass is 752 g/mol. The van der Waals surface area contributed by atoms with Crippen LogP contribution in [0, 0.1) is 0 Å². The van der Waals surface area contributed by atoms with Crippen LogP contribution in [0.4, 0.5) is 0 Å². The summed E-state index contributed by atoms with van der Waals surface area (Å²) in [5, 5.41) is 0.578. The van der Waals surface area contributed by atoms with Gasteiger partial charge in [-0.15, -0.1) is 0 Å². The third kappa shape index (κ3) is 11.4. The number of amides is 3. The normalized spacial score (nSPS) is 17.2. The molecule has 11 nitrogen and oxygen atoms in total. The van der Waals surface area contributed by atoms with Crippen LogP contribution in [0.2, 0.25) is 5.02 Å². The van der Waals surface area contributed by atoms with Gasteiger partial charge in [-0.05, 0) is 47.4 Å². The van der Waals surface area contributed by atoms with Crippen molar-refractivity contribution in [2.75, 3.05) is 59.6 Å². The second kappa shape index (κ2) is 19.6. The molecule has 0 spiro atoms. The molecule has 2 aliphatic heterocycles. The van der Waals surface area contributed by atoms with Crippen molar-refractivity contribution in [3.05, 3.63) is 101 Å². The Morgan fingerprint density at radius 2 is 1.62 bits per heavy atom. The molecule has 2 unspecified atom stereocenters. The molecule has 3 amide bonds. The largest absolute Gasteiger partial charge is 0.489 e. The number of piperazine rings is 1. The average Bonchev–Trinajstić information content (AvgIpc) is 3.16. The molecule has 0 saturated carbocycles. The fourth-order valence-corrected chi connectivity index (χ4v) is 6.78. The Hall–Kier alpha value is -4.16. The zero-order chi connectivity index (χ0) is 36.9. The van der Waals surface area contributed by atoms with Crippen LogP contribution >= 0.6 is 23.2 Å². The third-order valence-electron chi connectivity index (χ3n) is 9.28. The van der Waals surface area contributed by atoms with Crippen LogP contribution in [0.5, 0.6) is 5.75 Å². The number of halogens is 2. The van der Waals surface area contributed by atoms with Gasteiger partial charge in [0.1, 0.15) is 30.4 Å². The fraction of sp³-hybridized carbons (Fsp3) is 0.436. The number of nitrogens with zero attached hydrogens (tertiary/aromatic N) is 4. The second-order valence-corrected chi connectivity index (χ2v) is 13.8. The zero-order valence-corrected chi connectivity index (χ0v) is 31.0. The van der Waals surface area contributed by atoms with Crippen molar-refractivity contribution in [1.29, 1.82) is 0 Å². The topological polar surface area (TPSA) is 109 Å². The Bertz CT molecular complexity index is 1620. The van der Waals surface area contributed by atoms with Crippen molar-refractivity contribution >= 4 is 46.9 Å². The van der Waals surface area contributed by atoms with Crippen LogP contribution in [0.15, 0.2) is 78.9 Å². The Morgan fingerprint density at radius 3 is 2.31 bits per heavy atom. The molecule has 2 fully saturated rings. The smallest absolute Gasteiger partial charge is 0.307 e. The molecule has 0 radical (unpaired) electrons. The molecule has 0 aromatic heterocycles. The van der Waals surface area contributed by atoms with Crippen molar-refractivity contribution in [3.8, 4) is 5.75 Å². The summed E-state index contributed by atoms with van der Waals surface area (Å²) < 4.78 is 16.2. The second-order valence-electron chi connectivity index (χ2n) is 12.9. The van der Waals surface area contributed by atoms with Crippen molar-refractivity contribution in [2.24, 2.45) is 0 Å². The maximum Gasteiger partial charge on any atom is 0.307 e. The van der Waals surface area contributed by atoms with Crippen LogP contribution < -0.4 is 4.74 Å². The van der Waals surface area contributed by atoms with Crippen molar-refractivity contribution in [1.82, 2.24) is 19.6 Å². The molecule has 278 valence electrons. The molecular weight excluding hydrogens is 707 g/mol. The number of esters is 1. The first kappa shape index (κ1) is 39.1. The van der Waals surface area contributed by atoms with Gasteiger partial charge in [-0.2, -0.15) is 0 Å². The summed E-state index contributed by atoms with van der Waals surface area (Å²) in [6.45, 7) is 4.44. The number of methoxy groups -OCH3 is 1. The summed E-state index contributed by atoms with van der Waals surface area (Å²) in [6, 6.07) is 23.3. The lowest BCUT2D eigenvalue weighted by Crippen LogP contribution is -2.62. The molecule has 13 heteroatoms. The minimum absolute atomic E-state index is 0.0295. The van der Waals surface area contributed by atoms with Gasteiger partial charge < -0.3 is 28.9 Å². The van der Waals surface area contributed by atoms with Gasteiger partial charge in [0.25, 0.3) is 0 Å². The van der Waals surface area contributed by atoms with Gasteiger partial charge in [0, 0.05) is 50.7 Å².